The highest BCUT2D eigenvalue weighted by atomic mass is 15.1. The van der Waals surface area contributed by atoms with Crippen molar-refractivity contribution in [2.75, 3.05) is 31.4 Å². The van der Waals surface area contributed by atoms with Gasteiger partial charge in [-0.1, -0.05) is 6.07 Å². The van der Waals surface area contributed by atoms with E-state index in [0.29, 0.717) is 0 Å². The van der Waals surface area contributed by atoms with Gasteiger partial charge in [0.05, 0.1) is 11.4 Å². The Morgan fingerprint density at radius 1 is 1.25 bits per heavy atom. The van der Waals surface area contributed by atoms with E-state index < -0.39 is 0 Å². The summed E-state index contributed by atoms with van der Waals surface area (Å²) in [5.41, 5.74) is 3.69. The van der Waals surface area contributed by atoms with Gasteiger partial charge in [0.25, 0.3) is 0 Å². The molecule has 0 spiro atoms. The molecule has 0 aliphatic heterocycles. The lowest BCUT2D eigenvalue weighted by molar-refractivity contribution is 1.13. The lowest BCUT2D eigenvalue weighted by Gasteiger charge is -2.17. The Morgan fingerprint density at radius 3 is 2.42 bits per heavy atom. The fraction of sp³-hybridized carbons (Fsp3) is 0.400. The fourth-order valence-corrected chi connectivity index (χ4v) is 1.24. The summed E-state index contributed by atoms with van der Waals surface area (Å²) in [5.74, 6) is 0. The van der Waals surface area contributed by atoms with Gasteiger partial charge in [0.2, 0.25) is 0 Å². The summed E-state index contributed by atoms with van der Waals surface area (Å²) in [6.07, 6.45) is 0. The van der Waals surface area contributed by atoms with Crippen LogP contribution in [0.4, 0.5) is 11.4 Å². The van der Waals surface area contributed by atoms with Crippen molar-refractivity contribution in [1.82, 2.24) is 0 Å². The van der Waals surface area contributed by atoms with Crippen LogP contribution in [0.2, 0.25) is 0 Å². The number of hydrogen-bond acceptors (Lipinski definition) is 2. The predicted molar refractivity (Wildman–Crippen MR) is 55.1 cm³/mol. The molecule has 0 amide bonds. The first-order valence-electron chi connectivity index (χ1n) is 4.11. The van der Waals surface area contributed by atoms with Gasteiger partial charge in [-0.3, -0.25) is 0 Å². The van der Waals surface area contributed by atoms with Gasteiger partial charge in [0, 0.05) is 21.1 Å². The van der Waals surface area contributed by atoms with Crippen molar-refractivity contribution in [2.45, 2.75) is 6.92 Å². The Balaban J connectivity index is 3.11. The highest BCUT2D eigenvalue weighted by Gasteiger charge is 2.01. The predicted octanol–water partition coefficient (Wildman–Crippen LogP) is 2.10. The summed E-state index contributed by atoms with van der Waals surface area (Å²) >= 11 is 0. The van der Waals surface area contributed by atoms with Gasteiger partial charge < -0.3 is 10.2 Å². The third-order valence-electron chi connectivity index (χ3n) is 1.90. The van der Waals surface area contributed by atoms with Crippen LogP contribution in [0.5, 0.6) is 0 Å². The van der Waals surface area contributed by atoms with E-state index in [1.807, 2.05) is 21.1 Å². The van der Waals surface area contributed by atoms with Gasteiger partial charge in [-0.15, -0.1) is 0 Å². The summed E-state index contributed by atoms with van der Waals surface area (Å²) in [7, 11) is 6.04. The van der Waals surface area contributed by atoms with Crippen molar-refractivity contribution in [3.05, 3.63) is 23.8 Å². The molecular formula is C10H16N2. The molecule has 0 aliphatic carbocycles. The number of hydrogen-bond donors (Lipinski definition) is 1. The molecular weight excluding hydrogens is 148 g/mol. The molecule has 12 heavy (non-hydrogen) atoms. The van der Waals surface area contributed by atoms with Gasteiger partial charge >= 0.3 is 0 Å². The van der Waals surface area contributed by atoms with Crippen molar-refractivity contribution >= 4 is 11.4 Å². The zero-order chi connectivity index (χ0) is 9.14. The van der Waals surface area contributed by atoms with E-state index in [1.54, 1.807) is 0 Å². The monoisotopic (exact) mass is 164 g/mol. The standard InChI is InChI=1S/C10H16N2/c1-8-5-6-10(12(3)4)9(7-8)11-2/h5-7,11H,1-4H3. The SMILES string of the molecule is CNc1cc(C)ccc1N(C)C. The molecule has 0 atom stereocenters. The van der Waals surface area contributed by atoms with Crippen LogP contribution >= 0.6 is 0 Å². The average Bonchev–Trinajstić information content (AvgIpc) is 2.03. The summed E-state index contributed by atoms with van der Waals surface area (Å²) in [4.78, 5) is 2.10. The van der Waals surface area contributed by atoms with Gasteiger partial charge in [0.1, 0.15) is 0 Å². The second-order valence-corrected chi connectivity index (χ2v) is 3.17. The van der Waals surface area contributed by atoms with Crippen LogP contribution < -0.4 is 10.2 Å². The Kier molecular flexibility index (Phi) is 2.58. The second-order valence-electron chi connectivity index (χ2n) is 3.17. The minimum atomic E-state index is 1.18. The third-order valence-corrected chi connectivity index (χ3v) is 1.90. The van der Waals surface area contributed by atoms with Crippen LogP contribution in [0.25, 0.3) is 0 Å². The van der Waals surface area contributed by atoms with Gasteiger partial charge in [-0.05, 0) is 24.6 Å². The zero-order valence-corrected chi connectivity index (χ0v) is 8.18. The summed E-state index contributed by atoms with van der Waals surface area (Å²) < 4.78 is 0. The van der Waals surface area contributed by atoms with E-state index in [9.17, 15) is 0 Å². The lowest BCUT2D eigenvalue weighted by atomic mass is 10.2. The van der Waals surface area contributed by atoms with Crippen LogP contribution in [0.15, 0.2) is 18.2 Å². The number of nitrogens with one attached hydrogen (secondary N) is 1. The summed E-state index contributed by atoms with van der Waals surface area (Å²) in [6, 6.07) is 6.40. The Labute approximate surface area is 74.2 Å². The summed E-state index contributed by atoms with van der Waals surface area (Å²) in [6.45, 7) is 2.10. The Morgan fingerprint density at radius 2 is 1.92 bits per heavy atom. The van der Waals surface area contributed by atoms with Crippen molar-refractivity contribution < 1.29 is 0 Å². The molecule has 0 fully saturated rings. The number of anilines is 2. The first-order chi connectivity index (χ1) is 5.65. The fourth-order valence-electron chi connectivity index (χ4n) is 1.24. The van der Waals surface area contributed by atoms with Gasteiger partial charge in [-0.25, -0.2) is 0 Å². The molecule has 1 aromatic rings. The van der Waals surface area contributed by atoms with E-state index in [2.05, 4.69) is 35.3 Å². The lowest BCUT2D eigenvalue weighted by Crippen LogP contribution is -2.10. The molecule has 1 aromatic carbocycles. The molecule has 0 aromatic heterocycles. The van der Waals surface area contributed by atoms with Crippen molar-refractivity contribution in [3.8, 4) is 0 Å². The number of rotatable bonds is 2. The molecule has 66 valence electrons. The molecule has 0 unspecified atom stereocenters. The Bertz CT molecular complexity index is 267. The molecule has 0 radical (unpaired) electrons. The highest BCUT2D eigenvalue weighted by Crippen LogP contribution is 2.24. The topological polar surface area (TPSA) is 15.3 Å². The molecule has 0 heterocycles. The quantitative estimate of drug-likeness (QED) is 0.720. The maximum absolute atomic E-state index is 3.18. The molecule has 0 saturated heterocycles. The van der Waals surface area contributed by atoms with Crippen molar-refractivity contribution in [2.24, 2.45) is 0 Å². The summed E-state index contributed by atoms with van der Waals surface area (Å²) in [5, 5.41) is 3.18. The van der Waals surface area contributed by atoms with E-state index >= 15 is 0 Å². The van der Waals surface area contributed by atoms with Crippen LogP contribution in [-0.4, -0.2) is 21.1 Å². The molecule has 0 bridgehead atoms. The molecule has 2 heteroatoms. The van der Waals surface area contributed by atoms with E-state index in [1.165, 1.54) is 16.9 Å². The van der Waals surface area contributed by atoms with E-state index in [4.69, 9.17) is 0 Å². The zero-order valence-electron chi connectivity index (χ0n) is 8.18. The van der Waals surface area contributed by atoms with Crippen molar-refractivity contribution in [3.63, 3.8) is 0 Å². The smallest absolute Gasteiger partial charge is 0.0596 e. The molecule has 0 saturated carbocycles. The second kappa shape index (κ2) is 3.48. The number of benzene rings is 1. The Hall–Kier alpha value is -1.18. The first kappa shape index (κ1) is 8.91. The van der Waals surface area contributed by atoms with Gasteiger partial charge in [0.15, 0.2) is 0 Å². The molecule has 1 rings (SSSR count). The van der Waals surface area contributed by atoms with Crippen LogP contribution in [0.1, 0.15) is 5.56 Å². The van der Waals surface area contributed by atoms with Crippen molar-refractivity contribution in [1.29, 1.82) is 0 Å². The van der Waals surface area contributed by atoms with Crippen LogP contribution in [-0.2, 0) is 0 Å². The maximum Gasteiger partial charge on any atom is 0.0596 e. The van der Waals surface area contributed by atoms with E-state index in [-0.39, 0.29) is 0 Å². The van der Waals surface area contributed by atoms with Crippen LogP contribution in [0, 0.1) is 6.92 Å². The van der Waals surface area contributed by atoms with Gasteiger partial charge in [-0.2, -0.15) is 0 Å². The normalized spacial score (nSPS) is 9.67. The van der Waals surface area contributed by atoms with Crippen LogP contribution in [0.3, 0.4) is 0 Å². The number of aryl methyl sites for hydroxylation is 1. The maximum atomic E-state index is 3.18. The molecule has 0 aliphatic rings. The largest absolute Gasteiger partial charge is 0.386 e. The van der Waals surface area contributed by atoms with E-state index in [0.717, 1.165) is 0 Å². The minimum Gasteiger partial charge on any atom is -0.386 e. The molecule has 1 N–H and O–H groups in total. The molecule has 2 nitrogen and oxygen atoms in total. The first-order valence-corrected chi connectivity index (χ1v) is 4.11. The minimum absolute atomic E-state index is 1.18. The number of nitrogens with zero attached hydrogens (tertiary/aromatic N) is 1. The average molecular weight is 164 g/mol. The highest BCUT2D eigenvalue weighted by molar-refractivity contribution is 5.70. The third kappa shape index (κ3) is 1.70.